The molecule has 106 valence electrons. The Morgan fingerprint density at radius 3 is 2.90 bits per heavy atom. The van der Waals surface area contributed by atoms with Crippen molar-refractivity contribution in [3.63, 3.8) is 0 Å². The summed E-state index contributed by atoms with van der Waals surface area (Å²) in [6.45, 7) is 0. The minimum absolute atomic E-state index is 0.309. The van der Waals surface area contributed by atoms with Gasteiger partial charge < -0.3 is 4.74 Å². The third-order valence-electron chi connectivity index (χ3n) is 2.54. The first kappa shape index (κ1) is 14.1. The second kappa shape index (κ2) is 6.72. The van der Waals surface area contributed by atoms with E-state index in [0.29, 0.717) is 22.7 Å². The Hall–Kier alpha value is -3.34. The molecule has 0 atom stereocenters. The number of methoxy groups -OCH3 is 1. The van der Waals surface area contributed by atoms with E-state index >= 15 is 0 Å². The van der Waals surface area contributed by atoms with Gasteiger partial charge in [-0.3, -0.25) is 20.7 Å². The van der Waals surface area contributed by atoms with Gasteiger partial charge in [0.25, 0.3) is 5.91 Å². The van der Waals surface area contributed by atoms with E-state index < -0.39 is 0 Å². The third kappa shape index (κ3) is 3.57. The molecule has 0 aliphatic carbocycles. The zero-order chi connectivity index (χ0) is 15.1. The van der Waals surface area contributed by atoms with Crippen LogP contribution < -0.4 is 15.6 Å². The molecule has 0 aliphatic rings. The first-order valence-electron chi connectivity index (χ1n) is 5.90. The summed E-state index contributed by atoms with van der Waals surface area (Å²) in [5.41, 5.74) is 5.75. The molecule has 8 nitrogen and oxygen atoms in total. The van der Waals surface area contributed by atoms with Gasteiger partial charge in [-0.25, -0.2) is 4.99 Å². The number of ether oxygens (including phenoxy) is 1. The zero-order valence-electron chi connectivity index (χ0n) is 11.1. The van der Waals surface area contributed by atoms with Crippen LogP contribution in [0, 0.1) is 11.3 Å². The number of amides is 1. The normalized spacial score (nSPS) is 10.1. The van der Waals surface area contributed by atoms with Crippen molar-refractivity contribution in [2.24, 2.45) is 4.99 Å². The molecule has 1 aromatic heterocycles. The van der Waals surface area contributed by atoms with Crippen molar-refractivity contribution >= 4 is 18.1 Å². The molecular formula is C13H12N6O2. The minimum Gasteiger partial charge on any atom is -0.497 e. The molecule has 1 aromatic carbocycles. The van der Waals surface area contributed by atoms with Gasteiger partial charge in [-0.1, -0.05) is 0 Å². The first-order chi connectivity index (χ1) is 10.2. The number of aromatic amines is 1. The lowest BCUT2D eigenvalue weighted by Gasteiger charge is -2.04. The third-order valence-corrected chi connectivity index (χ3v) is 2.54. The lowest BCUT2D eigenvalue weighted by Crippen LogP contribution is -2.36. The van der Waals surface area contributed by atoms with E-state index in [4.69, 9.17) is 10.00 Å². The number of nitriles is 1. The molecule has 0 aliphatic heterocycles. The second-order valence-corrected chi connectivity index (χ2v) is 3.83. The number of nitrogens with zero attached hydrogens (tertiary/aromatic N) is 3. The van der Waals surface area contributed by atoms with Gasteiger partial charge in [0, 0.05) is 5.56 Å². The quantitative estimate of drug-likeness (QED) is 0.428. The van der Waals surface area contributed by atoms with Crippen molar-refractivity contribution in [3.8, 4) is 11.8 Å². The van der Waals surface area contributed by atoms with E-state index in [1.54, 1.807) is 31.4 Å². The van der Waals surface area contributed by atoms with E-state index in [9.17, 15) is 4.79 Å². The molecule has 8 heteroatoms. The Bertz CT molecular complexity index is 683. The van der Waals surface area contributed by atoms with Crippen molar-refractivity contribution in [2.75, 3.05) is 7.11 Å². The molecule has 0 radical (unpaired) electrons. The zero-order valence-corrected chi connectivity index (χ0v) is 11.1. The number of benzene rings is 1. The van der Waals surface area contributed by atoms with Crippen LogP contribution in [0.2, 0.25) is 0 Å². The number of hydrogen-bond acceptors (Lipinski definition) is 5. The predicted octanol–water partition coefficient (Wildman–Crippen LogP) is 0.884. The van der Waals surface area contributed by atoms with Crippen LogP contribution in [0.3, 0.4) is 0 Å². The summed E-state index contributed by atoms with van der Waals surface area (Å²) in [6.07, 6.45) is 2.61. The van der Waals surface area contributed by atoms with Gasteiger partial charge in [-0.15, -0.1) is 0 Å². The van der Waals surface area contributed by atoms with Gasteiger partial charge in [0.15, 0.2) is 5.82 Å². The molecule has 1 heterocycles. The van der Waals surface area contributed by atoms with Crippen LogP contribution >= 0.6 is 0 Å². The van der Waals surface area contributed by atoms with Gasteiger partial charge >= 0.3 is 0 Å². The van der Waals surface area contributed by atoms with E-state index in [0.717, 1.165) is 0 Å². The standard InChI is InChI=1S/C13H12N6O2/c1-21-11-4-2-9(3-5-11)13(20)19-17-8-15-12-10(6-14)7-16-18-12/h2-5,7-8H,1H3,(H,19,20)(H2,15,16,17,18). The largest absolute Gasteiger partial charge is 0.497 e. The number of H-pyrrole nitrogens is 1. The monoisotopic (exact) mass is 284 g/mol. The number of hydrazine groups is 1. The molecule has 0 unspecified atom stereocenters. The molecule has 0 saturated carbocycles. The average Bonchev–Trinajstić information content (AvgIpc) is 2.99. The number of rotatable bonds is 5. The summed E-state index contributed by atoms with van der Waals surface area (Å²) in [4.78, 5) is 15.7. The molecular weight excluding hydrogens is 272 g/mol. The summed E-state index contributed by atoms with van der Waals surface area (Å²) in [5, 5.41) is 15.0. The first-order valence-corrected chi connectivity index (χ1v) is 5.90. The molecule has 21 heavy (non-hydrogen) atoms. The molecule has 0 fully saturated rings. The van der Waals surface area contributed by atoms with Gasteiger partial charge in [-0.05, 0) is 24.3 Å². The maximum atomic E-state index is 11.8. The van der Waals surface area contributed by atoms with E-state index in [1.165, 1.54) is 12.5 Å². The number of aliphatic imine (C=N–C) groups is 1. The molecule has 3 N–H and O–H groups in total. The molecule has 1 amide bonds. The topological polar surface area (TPSA) is 115 Å². The number of aromatic nitrogens is 2. The Kier molecular flexibility index (Phi) is 4.50. The molecule has 2 aromatic rings. The fourth-order valence-corrected chi connectivity index (χ4v) is 1.47. The summed E-state index contributed by atoms with van der Waals surface area (Å²) in [7, 11) is 1.55. The Labute approximate surface area is 120 Å². The summed E-state index contributed by atoms with van der Waals surface area (Å²) in [5.74, 6) is 0.655. The maximum absolute atomic E-state index is 11.8. The minimum atomic E-state index is -0.325. The van der Waals surface area contributed by atoms with Gasteiger partial charge in [0.1, 0.15) is 23.7 Å². The van der Waals surface area contributed by atoms with E-state index in [2.05, 4.69) is 26.0 Å². The van der Waals surface area contributed by atoms with E-state index in [-0.39, 0.29) is 5.91 Å². The highest BCUT2D eigenvalue weighted by Gasteiger charge is 2.04. The van der Waals surface area contributed by atoms with Gasteiger partial charge in [0.2, 0.25) is 0 Å². The molecule has 0 saturated heterocycles. The van der Waals surface area contributed by atoms with Crippen molar-refractivity contribution < 1.29 is 9.53 Å². The van der Waals surface area contributed by atoms with Crippen molar-refractivity contribution in [3.05, 3.63) is 41.6 Å². The molecule has 2 rings (SSSR count). The van der Waals surface area contributed by atoms with Gasteiger partial charge in [0.05, 0.1) is 13.3 Å². The maximum Gasteiger partial charge on any atom is 0.269 e. The second-order valence-electron chi connectivity index (χ2n) is 3.83. The van der Waals surface area contributed by atoms with Crippen LogP contribution in [-0.2, 0) is 0 Å². The summed E-state index contributed by atoms with van der Waals surface area (Å²) >= 11 is 0. The average molecular weight is 284 g/mol. The highest BCUT2D eigenvalue weighted by atomic mass is 16.5. The van der Waals surface area contributed by atoms with Crippen molar-refractivity contribution in [1.82, 2.24) is 21.0 Å². The summed E-state index contributed by atoms with van der Waals surface area (Å²) < 4.78 is 5.01. The van der Waals surface area contributed by atoms with Crippen LogP contribution in [0.1, 0.15) is 15.9 Å². The van der Waals surface area contributed by atoms with Crippen molar-refractivity contribution in [1.29, 1.82) is 5.26 Å². The number of carbonyl (C=O) groups excluding carboxylic acids is 1. The van der Waals surface area contributed by atoms with Crippen LogP contribution in [0.4, 0.5) is 5.82 Å². The lowest BCUT2D eigenvalue weighted by atomic mass is 10.2. The predicted molar refractivity (Wildman–Crippen MR) is 75.1 cm³/mol. The summed E-state index contributed by atoms with van der Waals surface area (Å²) in [6, 6.07) is 8.57. The fraction of sp³-hybridized carbons (Fsp3) is 0.0769. The fourth-order valence-electron chi connectivity index (χ4n) is 1.47. The Morgan fingerprint density at radius 1 is 1.48 bits per heavy atom. The van der Waals surface area contributed by atoms with E-state index in [1.807, 2.05) is 6.07 Å². The van der Waals surface area contributed by atoms with Crippen LogP contribution in [-0.4, -0.2) is 29.6 Å². The molecule has 0 bridgehead atoms. The Morgan fingerprint density at radius 2 is 2.24 bits per heavy atom. The van der Waals surface area contributed by atoms with Crippen LogP contribution in [0.5, 0.6) is 5.75 Å². The number of carbonyl (C=O) groups is 1. The van der Waals surface area contributed by atoms with Crippen LogP contribution in [0.25, 0.3) is 0 Å². The SMILES string of the molecule is COc1ccc(C(=O)NNC=Nc2[nH]ncc2C#N)cc1. The van der Waals surface area contributed by atoms with Gasteiger partial charge in [-0.2, -0.15) is 10.4 Å². The molecule has 0 spiro atoms. The number of hydrogen-bond donors (Lipinski definition) is 3. The highest BCUT2D eigenvalue weighted by Crippen LogP contribution is 2.12. The smallest absolute Gasteiger partial charge is 0.269 e. The number of nitrogens with one attached hydrogen (secondary N) is 3. The van der Waals surface area contributed by atoms with Crippen molar-refractivity contribution in [2.45, 2.75) is 0 Å². The Balaban J connectivity index is 1.88. The highest BCUT2D eigenvalue weighted by molar-refractivity contribution is 5.94. The lowest BCUT2D eigenvalue weighted by molar-refractivity contribution is 0.0944. The van der Waals surface area contributed by atoms with Crippen LogP contribution in [0.15, 0.2) is 35.5 Å².